The van der Waals surface area contributed by atoms with Crippen molar-refractivity contribution in [1.29, 1.82) is 0 Å². The van der Waals surface area contributed by atoms with Crippen molar-refractivity contribution in [2.45, 2.75) is 37.5 Å². The van der Waals surface area contributed by atoms with E-state index in [1.807, 2.05) is 31.2 Å². The third kappa shape index (κ3) is 4.51. The highest BCUT2D eigenvalue weighted by molar-refractivity contribution is 7.91. The first kappa shape index (κ1) is 20.7. The zero-order valence-corrected chi connectivity index (χ0v) is 18.9. The van der Waals surface area contributed by atoms with Gasteiger partial charge in [-0.15, -0.1) is 10.2 Å². The van der Waals surface area contributed by atoms with Crippen LogP contribution in [0.1, 0.15) is 5.56 Å². The zero-order chi connectivity index (χ0) is 20.5. The fraction of sp³-hybridized carbons (Fsp3) is 0.316. The molecule has 148 valence electrons. The number of benzene rings is 2. The number of H-pyrrole nitrogens is 1. The molecule has 6 nitrogen and oxygen atoms in total. The van der Waals surface area contributed by atoms with Crippen LogP contribution in [-0.2, 0) is 9.84 Å². The van der Waals surface area contributed by atoms with Gasteiger partial charge < -0.3 is 0 Å². The Morgan fingerprint density at radius 3 is 2.32 bits per heavy atom. The summed E-state index contributed by atoms with van der Waals surface area (Å²) in [4.78, 5) is 0.0758. The number of aromatic amines is 1. The number of aryl methyl sites for hydroxylation is 1. The van der Waals surface area contributed by atoms with Gasteiger partial charge in [-0.05, 0) is 35.4 Å². The molecule has 1 aromatic heterocycles. The molecule has 1 N–H and O–H groups in total. The van der Waals surface area contributed by atoms with Crippen LogP contribution >= 0.6 is 11.6 Å². The van der Waals surface area contributed by atoms with E-state index in [-0.39, 0.29) is 21.5 Å². The van der Waals surface area contributed by atoms with Crippen molar-refractivity contribution in [2.75, 3.05) is 5.75 Å². The van der Waals surface area contributed by atoms with Gasteiger partial charge in [-0.1, -0.05) is 67.1 Å². The van der Waals surface area contributed by atoms with Gasteiger partial charge >= 0.3 is 0 Å². The predicted octanol–water partition coefficient (Wildman–Crippen LogP) is 4.61. The van der Waals surface area contributed by atoms with Gasteiger partial charge in [0.15, 0.2) is 9.84 Å². The average Bonchev–Trinajstić information content (AvgIpc) is 3.14. The maximum atomic E-state index is 13.3. The maximum absolute atomic E-state index is 13.3. The van der Waals surface area contributed by atoms with Crippen LogP contribution in [0.5, 0.6) is 0 Å². The van der Waals surface area contributed by atoms with E-state index in [4.69, 9.17) is 11.6 Å². The van der Waals surface area contributed by atoms with Gasteiger partial charge in [0, 0.05) is 8.07 Å². The largest absolute Gasteiger partial charge is 0.224 e. The Balaban J connectivity index is 2.25. The van der Waals surface area contributed by atoms with E-state index in [9.17, 15) is 8.42 Å². The Kier molecular flexibility index (Phi) is 5.74. The number of nitrogens with zero attached hydrogens (tertiary/aromatic N) is 3. The molecule has 3 rings (SSSR count). The van der Waals surface area contributed by atoms with E-state index in [1.54, 1.807) is 12.1 Å². The van der Waals surface area contributed by atoms with Crippen LogP contribution in [-0.4, -0.2) is 42.9 Å². The van der Waals surface area contributed by atoms with E-state index in [1.165, 1.54) is 0 Å². The number of halogens is 1. The smallest absolute Gasteiger partial charge is 0.206 e. The van der Waals surface area contributed by atoms with Crippen molar-refractivity contribution in [3.63, 3.8) is 0 Å². The standard InChI is InChI=1S/C19H23ClN4O2SSi/c1-13-5-7-14(8-6-13)15-9-10-16(20)18(17(15)19-21-23-24-22-19)27(25,26)11-12-28(2,3)4/h5-10H,11-12H2,1-4H3,(H,21,22,23,24). The molecule has 0 aliphatic heterocycles. The molecular weight excluding hydrogens is 412 g/mol. The molecule has 3 aromatic rings. The Hall–Kier alpha value is -2.03. The summed E-state index contributed by atoms with van der Waals surface area (Å²) in [5.74, 6) is 0.259. The molecule has 9 heteroatoms. The fourth-order valence-corrected chi connectivity index (χ4v) is 7.98. The lowest BCUT2D eigenvalue weighted by Crippen LogP contribution is -2.24. The van der Waals surface area contributed by atoms with E-state index >= 15 is 0 Å². The monoisotopic (exact) mass is 434 g/mol. The number of hydrogen-bond donors (Lipinski definition) is 1. The van der Waals surface area contributed by atoms with Crippen molar-refractivity contribution in [3.05, 3.63) is 47.0 Å². The summed E-state index contributed by atoms with van der Waals surface area (Å²) in [7, 11) is -5.20. The molecule has 2 aromatic carbocycles. The normalized spacial score (nSPS) is 12.3. The Morgan fingerprint density at radius 1 is 1.07 bits per heavy atom. The van der Waals surface area contributed by atoms with Crippen LogP contribution in [0, 0.1) is 6.92 Å². The molecule has 0 unspecified atom stereocenters. The van der Waals surface area contributed by atoms with Crippen LogP contribution in [0.3, 0.4) is 0 Å². The van der Waals surface area contributed by atoms with Gasteiger partial charge in [0.25, 0.3) is 0 Å². The number of aromatic nitrogens is 4. The van der Waals surface area contributed by atoms with E-state index in [0.29, 0.717) is 17.2 Å². The molecule has 0 aliphatic rings. The number of hydrogen-bond acceptors (Lipinski definition) is 5. The second kappa shape index (κ2) is 7.77. The van der Waals surface area contributed by atoms with Crippen LogP contribution in [0.25, 0.3) is 22.5 Å². The topological polar surface area (TPSA) is 88.6 Å². The predicted molar refractivity (Wildman–Crippen MR) is 115 cm³/mol. The van der Waals surface area contributed by atoms with Gasteiger partial charge in [0.1, 0.15) is 0 Å². The molecule has 28 heavy (non-hydrogen) atoms. The van der Waals surface area contributed by atoms with Crippen molar-refractivity contribution < 1.29 is 8.42 Å². The second-order valence-corrected chi connectivity index (χ2v) is 16.1. The highest BCUT2D eigenvalue weighted by Gasteiger charge is 2.29. The van der Waals surface area contributed by atoms with Gasteiger partial charge in [-0.25, -0.2) is 8.42 Å². The van der Waals surface area contributed by atoms with Crippen molar-refractivity contribution >= 4 is 29.5 Å². The van der Waals surface area contributed by atoms with Gasteiger partial charge in [0.2, 0.25) is 5.82 Å². The van der Waals surface area contributed by atoms with Gasteiger partial charge in [-0.3, -0.25) is 0 Å². The van der Waals surface area contributed by atoms with Crippen molar-refractivity contribution in [2.24, 2.45) is 0 Å². The van der Waals surface area contributed by atoms with Crippen LogP contribution in [0.15, 0.2) is 41.3 Å². The van der Waals surface area contributed by atoms with E-state index < -0.39 is 17.9 Å². The first-order chi connectivity index (χ1) is 13.1. The number of nitrogens with one attached hydrogen (secondary N) is 1. The number of tetrazole rings is 1. The average molecular weight is 435 g/mol. The zero-order valence-electron chi connectivity index (χ0n) is 16.3. The number of sulfone groups is 1. The first-order valence-electron chi connectivity index (χ1n) is 8.95. The molecule has 0 aliphatic carbocycles. The first-order valence-corrected chi connectivity index (χ1v) is 14.7. The van der Waals surface area contributed by atoms with Crippen molar-refractivity contribution in [3.8, 4) is 22.5 Å². The molecule has 0 bridgehead atoms. The second-order valence-electron chi connectivity index (χ2n) is 8.03. The van der Waals surface area contributed by atoms with Crippen molar-refractivity contribution in [1.82, 2.24) is 20.6 Å². The lowest BCUT2D eigenvalue weighted by atomic mass is 9.98. The summed E-state index contributed by atoms with van der Waals surface area (Å²) in [6, 6.07) is 11.9. The van der Waals surface area contributed by atoms with E-state index in [2.05, 4.69) is 40.3 Å². The Bertz CT molecular complexity index is 1080. The molecule has 0 spiro atoms. The van der Waals surface area contributed by atoms with Gasteiger partial charge in [-0.2, -0.15) is 5.21 Å². The quantitative estimate of drug-likeness (QED) is 0.572. The molecule has 0 amide bonds. The molecular formula is C19H23ClN4O2SSi. The third-order valence-corrected chi connectivity index (χ3v) is 8.80. The molecule has 1 heterocycles. The molecule has 0 saturated carbocycles. The van der Waals surface area contributed by atoms with Gasteiger partial charge in [0.05, 0.1) is 21.2 Å². The third-order valence-electron chi connectivity index (χ3n) is 4.47. The summed E-state index contributed by atoms with van der Waals surface area (Å²) in [5, 5.41) is 14.3. The summed E-state index contributed by atoms with van der Waals surface area (Å²) >= 11 is 6.41. The Morgan fingerprint density at radius 2 is 1.75 bits per heavy atom. The van der Waals surface area contributed by atoms with E-state index in [0.717, 1.165) is 11.1 Å². The summed E-state index contributed by atoms with van der Waals surface area (Å²) in [6.45, 7) is 8.44. The lowest BCUT2D eigenvalue weighted by Gasteiger charge is -2.18. The summed E-state index contributed by atoms with van der Waals surface area (Å²) < 4.78 is 26.6. The van der Waals surface area contributed by atoms with Crippen LogP contribution in [0.2, 0.25) is 30.7 Å². The molecule has 0 saturated heterocycles. The summed E-state index contributed by atoms with van der Waals surface area (Å²) in [5.41, 5.74) is 3.07. The minimum absolute atomic E-state index is 0.0463. The number of rotatable bonds is 6. The Labute approximate surface area is 171 Å². The fourth-order valence-electron chi connectivity index (χ4n) is 2.87. The van der Waals surface area contributed by atoms with Crippen LogP contribution in [0.4, 0.5) is 0 Å². The molecule has 0 fully saturated rings. The highest BCUT2D eigenvalue weighted by Crippen LogP contribution is 2.40. The summed E-state index contributed by atoms with van der Waals surface area (Å²) in [6.07, 6.45) is 0. The minimum Gasteiger partial charge on any atom is -0.224 e. The van der Waals surface area contributed by atoms with Crippen LogP contribution < -0.4 is 0 Å². The maximum Gasteiger partial charge on any atom is 0.206 e. The molecule has 0 radical (unpaired) electrons. The lowest BCUT2D eigenvalue weighted by molar-refractivity contribution is 0.597. The highest BCUT2D eigenvalue weighted by atomic mass is 35.5. The minimum atomic E-state index is -3.64. The molecule has 0 atom stereocenters. The SMILES string of the molecule is Cc1ccc(-c2ccc(Cl)c(S(=O)(=O)CC[Si](C)(C)C)c2-c2nn[nH]n2)cc1.